The van der Waals surface area contributed by atoms with Gasteiger partial charge < -0.3 is 41.0 Å². The summed E-state index contributed by atoms with van der Waals surface area (Å²) in [7, 11) is 0. The molecule has 3 atom stereocenters. The third kappa shape index (κ3) is 11.9. The molecule has 0 bridgehead atoms. The Balaban J connectivity index is 1.40. The number of hydrogen-bond acceptors (Lipinski definition) is 9. The molecule has 14 nitrogen and oxygen atoms in total. The van der Waals surface area contributed by atoms with E-state index in [0.29, 0.717) is 44.1 Å². The van der Waals surface area contributed by atoms with Crippen LogP contribution in [0.15, 0.2) is 48.5 Å². The molecule has 0 spiro atoms. The molecule has 49 heavy (non-hydrogen) atoms. The van der Waals surface area contributed by atoms with Crippen LogP contribution >= 0.6 is 12.6 Å². The third-order valence-electron chi connectivity index (χ3n) is 7.96. The van der Waals surface area contributed by atoms with Crippen LogP contribution in [0.3, 0.4) is 0 Å². The van der Waals surface area contributed by atoms with Crippen LogP contribution in [0, 0.1) is 0 Å². The Morgan fingerprint density at radius 2 is 1.45 bits per heavy atom. The van der Waals surface area contributed by atoms with Gasteiger partial charge in [-0.3, -0.25) is 19.2 Å². The minimum atomic E-state index is -1.72. The Hall–Kier alpha value is -4.92. The summed E-state index contributed by atoms with van der Waals surface area (Å²) in [6, 6.07) is 12.0. The smallest absolute Gasteiger partial charge is 0.407 e. The molecule has 1 aliphatic carbocycles. The van der Waals surface area contributed by atoms with E-state index in [-0.39, 0.29) is 31.4 Å². The van der Waals surface area contributed by atoms with Gasteiger partial charge in [-0.25, -0.2) is 9.59 Å². The number of ether oxygens (including phenoxy) is 1. The van der Waals surface area contributed by atoms with Crippen molar-refractivity contribution in [2.24, 2.45) is 0 Å². The van der Waals surface area contributed by atoms with Crippen LogP contribution in [-0.2, 0) is 33.5 Å². The minimum Gasteiger partial charge on any atom is -0.481 e. The van der Waals surface area contributed by atoms with Crippen molar-refractivity contribution in [3.05, 3.63) is 59.7 Å². The Morgan fingerprint density at radius 1 is 0.796 bits per heavy atom. The first-order valence-corrected chi connectivity index (χ1v) is 16.7. The molecule has 4 amide bonds. The monoisotopic (exact) mass is 698 g/mol. The van der Waals surface area contributed by atoms with Gasteiger partial charge in [0.05, 0.1) is 6.42 Å². The van der Waals surface area contributed by atoms with Gasteiger partial charge in [0.15, 0.2) is 0 Å². The molecule has 0 saturated heterocycles. The average molecular weight is 699 g/mol. The van der Waals surface area contributed by atoms with E-state index in [1.54, 1.807) is 0 Å². The lowest BCUT2D eigenvalue weighted by molar-refractivity contribution is -0.147. The largest absolute Gasteiger partial charge is 0.481 e. The van der Waals surface area contributed by atoms with Crippen LogP contribution < -0.4 is 21.3 Å². The van der Waals surface area contributed by atoms with Crippen LogP contribution in [0.25, 0.3) is 11.1 Å². The lowest BCUT2D eigenvalue weighted by Gasteiger charge is -2.20. The van der Waals surface area contributed by atoms with Gasteiger partial charge in [0.1, 0.15) is 31.0 Å². The van der Waals surface area contributed by atoms with E-state index < -0.39 is 60.8 Å². The van der Waals surface area contributed by atoms with Gasteiger partial charge in [-0.2, -0.15) is 12.6 Å². The normalized spacial score (nSPS) is 13.5. The molecule has 3 rings (SSSR count). The topological polar surface area (TPSA) is 217 Å². The molecule has 0 aliphatic heterocycles. The molecule has 1 aliphatic rings. The highest BCUT2D eigenvalue weighted by molar-refractivity contribution is 7.80. The average Bonchev–Trinajstić information content (AvgIpc) is 3.39. The van der Waals surface area contributed by atoms with Crippen molar-refractivity contribution in [2.45, 2.75) is 75.4 Å². The molecular weight excluding hydrogens is 656 g/mol. The van der Waals surface area contributed by atoms with Crippen molar-refractivity contribution in [1.29, 1.82) is 0 Å². The van der Waals surface area contributed by atoms with Crippen molar-refractivity contribution in [2.75, 3.05) is 18.9 Å². The zero-order valence-electron chi connectivity index (χ0n) is 26.9. The first-order chi connectivity index (χ1) is 23.5. The SMILES string of the molecule is O=CCC(NC(=O)CCCCCNC(=O)C(CCCS)NC(=O)OCC1c2ccccc2-c2ccccc21)C(=O)NC(CC(=O)O)C(=O)O. The van der Waals surface area contributed by atoms with E-state index in [1.807, 2.05) is 53.8 Å². The fraction of sp³-hybridized carbons (Fsp3) is 0.441. The molecule has 0 fully saturated rings. The molecular formula is C34H42N4O10S. The molecule has 0 radical (unpaired) electrons. The molecule has 3 unspecified atom stereocenters. The first-order valence-electron chi connectivity index (χ1n) is 16.0. The first kappa shape index (κ1) is 38.5. The summed E-state index contributed by atoms with van der Waals surface area (Å²) in [6.45, 7) is 0.392. The van der Waals surface area contributed by atoms with Crippen LogP contribution in [0.4, 0.5) is 4.79 Å². The number of amides is 4. The van der Waals surface area contributed by atoms with Gasteiger partial charge in [0.2, 0.25) is 17.7 Å². The lowest BCUT2D eigenvalue weighted by Crippen LogP contribution is -2.52. The van der Waals surface area contributed by atoms with Crippen molar-refractivity contribution < 1.29 is 48.5 Å². The molecule has 2 aromatic carbocycles. The van der Waals surface area contributed by atoms with Gasteiger partial charge in [-0.05, 0) is 53.7 Å². The molecule has 0 aromatic heterocycles. The van der Waals surface area contributed by atoms with E-state index in [2.05, 4.69) is 28.6 Å². The standard InChI is InChI=1S/C34H42N4O10S/c39-17-15-27(32(44)37-28(33(45)46)19-30(41)42)36-29(40)14-2-1-7-16-35-31(43)26(13-8-18-49)38-34(47)48-20-25-23-11-5-3-9-21(23)22-10-4-6-12-24(22)25/h3-6,9-12,17,25-28,49H,1-2,7-8,13-16,18-20H2,(H,35,43)(H,36,40)(H,37,44)(H,38,47)(H,41,42)(H,45,46). The number of thiol groups is 1. The zero-order chi connectivity index (χ0) is 35.8. The lowest BCUT2D eigenvalue weighted by atomic mass is 9.98. The van der Waals surface area contributed by atoms with Crippen LogP contribution in [-0.4, -0.2) is 89.3 Å². The van der Waals surface area contributed by atoms with Gasteiger partial charge in [-0.15, -0.1) is 0 Å². The summed E-state index contributed by atoms with van der Waals surface area (Å²) in [6.07, 6.45) is 0.730. The Labute approximate surface area is 289 Å². The number of hydrogen-bond donors (Lipinski definition) is 7. The van der Waals surface area contributed by atoms with E-state index >= 15 is 0 Å². The number of carbonyl (C=O) groups excluding carboxylic acids is 5. The van der Waals surface area contributed by atoms with Crippen molar-refractivity contribution in [3.63, 3.8) is 0 Å². The van der Waals surface area contributed by atoms with Crippen LogP contribution in [0.1, 0.15) is 68.4 Å². The number of unbranched alkanes of at least 4 members (excludes halogenated alkanes) is 2. The van der Waals surface area contributed by atoms with Crippen LogP contribution in [0.5, 0.6) is 0 Å². The third-order valence-corrected chi connectivity index (χ3v) is 8.28. The summed E-state index contributed by atoms with van der Waals surface area (Å²) in [5.74, 6) is -4.54. The maximum absolute atomic E-state index is 12.9. The fourth-order valence-corrected chi connectivity index (χ4v) is 5.69. The zero-order valence-corrected chi connectivity index (χ0v) is 27.8. The number of carbonyl (C=O) groups is 7. The predicted molar refractivity (Wildman–Crippen MR) is 181 cm³/mol. The number of aldehydes is 1. The molecule has 264 valence electrons. The second kappa shape index (κ2) is 19.8. The summed E-state index contributed by atoms with van der Waals surface area (Å²) in [5.41, 5.74) is 4.36. The number of aliphatic carboxylic acids is 2. The summed E-state index contributed by atoms with van der Waals surface area (Å²) in [5, 5.41) is 27.8. The number of nitrogens with one attached hydrogen (secondary N) is 4. The highest BCUT2D eigenvalue weighted by Gasteiger charge is 2.30. The summed E-state index contributed by atoms with van der Waals surface area (Å²) >= 11 is 4.22. The summed E-state index contributed by atoms with van der Waals surface area (Å²) < 4.78 is 5.60. The summed E-state index contributed by atoms with van der Waals surface area (Å²) in [4.78, 5) is 83.6. The van der Waals surface area contributed by atoms with Gasteiger partial charge in [-0.1, -0.05) is 55.0 Å². The fourth-order valence-electron chi connectivity index (χ4n) is 5.51. The molecule has 15 heteroatoms. The van der Waals surface area contributed by atoms with E-state index in [0.717, 1.165) is 22.3 Å². The maximum atomic E-state index is 12.9. The molecule has 6 N–H and O–H groups in total. The molecule has 0 saturated carbocycles. The van der Waals surface area contributed by atoms with Crippen molar-refractivity contribution in [1.82, 2.24) is 21.3 Å². The van der Waals surface area contributed by atoms with E-state index in [4.69, 9.17) is 14.9 Å². The number of rotatable bonds is 21. The number of carboxylic acid groups (broad SMARTS) is 2. The Morgan fingerprint density at radius 3 is 2.04 bits per heavy atom. The minimum absolute atomic E-state index is 0.0119. The predicted octanol–water partition coefficient (Wildman–Crippen LogP) is 2.40. The number of fused-ring (bicyclic) bond motifs is 3. The highest BCUT2D eigenvalue weighted by atomic mass is 32.1. The van der Waals surface area contributed by atoms with E-state index in [9.17, 15) is 33.6 Å². The van der Waals surface area contributed by atoms with Gasteiger partial charge in [0, 0.05) is 25.3 Å². The van der Waals surface area contributed by atoms with E-state index in [1.165, 1.54) is 0 Å². The molecule has 0 heterocycles. The number of alkyl carbamates (subject to hydrolysis) is 1. The van der Waals surface area contributed by atoms with Gasteiger partial charge in [0.25, 0.3) is 0 Å². The van der Waals surface area contributed by atoms with Crippen molar-refractivity contribution in [3.8, 4) is 11.1 Å². The van der Waals surface area contributed by atoms with Crippen LogP contribution in [0.2, 0.25) is 0 Å². The van der Waals surface area contributed by atoms with Gasteiger partial charge >= 0.3 is 18.0 Å². The maximum Gasteiger partial charge on any atom is 0.407 e. The van der Waals surface area contributed by atoms with Crippen molar-refractivity contribution >= 4 is 54.7 Å². The quantitative estimate of drug-likeness (QED) is 0.0574. The molecule has 2 aromatic rings. The highest BCUT2D eigenvalue weighted by Crippen LogP contribution is 2.44. The second-order valence-corrected chi connectivity index (χ2v) is 12.0. The Kier molecular flexibility index (Phi) is 15.6. The second-order valence-electron chi connectivity index (χ2n) is 11.5. The number of carboxylic acids is 2. The number of benzene rings is 2. The Bertz CT molecular complexity index is 1460.